The lowest BCUT2D eigenvalue weighted by Gasteiger charge is -2.10. The molecule has 1 heterocycles. The number of aldehydes is 1. The van der Waals surface area contributed by atoms with Crippen LogP contribution in [0, 0.1) is 0 Å². The van der Waals surface area contributed by atoms with Gasteiger partial charge in [0.2, 0.25) is 0 Å². The quantitative estimate of drug-likeness (QED) is 0.475. The summed E-state index contributed by atoms with van der Waals surface area (Å²) in [7, 11) is 1.25. The van der Waals surface area contributed by atoms with Crippen LogP contribution < -0.4 is 5.73 Å². The molecular formula is C10H11ClN2O3. The molecule has 16 heavy (non-hydrogen) atoms. The van der Waals surface area contributed by atoms with Gasteiger partial charge in [0.25, 0.3) is 0 Å². The molecule has 1 aromatic heterocycles. The Labute approximate surface area is 97.6 Å². The van der Waals surface area contributed by atoms with Gasteiger partial charge in [0.05, 0.1) is 12.7 Å². The molecule has 0 aliphatic rings. The zero-order chi connectivity index (χ0) is 12.1. The van der Waals surface area contributed by atoms with Gasteiger partial charge in [0.15, 0.2) is 6.29 Å². The van der Waals surface area contributed by atoms with Crippen molar-refractivity contribution in [1.29, 1.82) is 0 Å². The normalized spacial score (nSPS) is 11.9. The molecule has 2 N–H and O–H groups in total. The molecule has 0 fully saturated rings. The summed E-state index contributed by atoms with van der Waals surface area (Å²) in [6.07, 6.45) is 2.23. The minimum Gasteiger partial charge on any atom is -0.468 e. The summed E-state index contributed by atoms with van der Waals surface area (Å²) in [5, 5.41) is 0.101. The Hall–Kier alpha value is -1.46. The second kappa shape index (κ2) is 5.58. The van der Waals surface area contributed by atoms with Gasteiger partial charge in [-0.2, -0.15) is 0 Å². The first-order valence-electron chi connectivity index (χ1n) is 4.52. The van der Waals surface area contributed by atoms with Crippen molar-refractivity contribution in [3.63, 3.8) is 0 Å². The number of aromatic nitrogens is 1. The van der Waals surface area contributed by atoms with Crippen LogP contribution in [0.5, 0.6) is 0 Å². The number of nitrogens with two attached hydrogens (primary N) is 1. The fourth-order valence-electron chi connectivity index (χ4n) is 1.26. The standard InChI is InChI=1S/C10H11ClN2O3/c1-16-10(15)8(12)4-6-2-3-13-9(11)7(6)5-14/h2-3,5,8H,4,12H2,1H3/t8-/m1/s1. The lowest BCUT2D eigenvalue weighted by atomic mass is 10.0. The van der Waals surface area contributed by atoms with Gasteiger partial charge in [-0.1, -0.05) is 11.6 Å². The highest BCUT2D eigenvalue weighted by atomic mass is 35.5. The summed E-state index contributed by atoms with van der Waals surface area (Å²) in [4.78, 5) is 25.7. The summed E-state index contributed by atoms with van der Waals surface area (Å²) >= 11 is 5.73. The van der Waals surface area contributed by atoms with Crippen molar-refractivity contribution in [2.75, 3.05) is 7.11 Å². The smallest absolute Gasteiger partial charge is 0.322 e. The lowest BCUT2D eigenvalue weighted by molar-refractivity contribution is -0.142. The molecule has 0 aliphatic heterocycles. The molecule has 0 spiro atoms. The van der Waals surface area contributed by atoms with E-state index in [4.69, 9.17) is 17.3 Å². The van der Waals surface area contributed by atoms with E-state index in [1.54, 1.807) is 6.07 Å². The summed E-state index contributed by atoms with van der Waals surface area (Å²) in [5.41, 5.74) is 6.41. The van der Waals surface area contributed by atoms with Crippen LogP contribution in [0.2, 0.25) is 5.15 Å². The van der Waals surface area contributed by atoms with Crippen LogP contribution in [0.1, 0.15) is 15.9 Å². The van der Waals surface area contributed by atoms with Crippen molar-refractivity contribution in [2.24, 2.45) is 5.73 Å². The highest BCUT2D eigenvalue weighted by Gasteiger charge is 2.17. The average Bonchev–Trinajstić information content (AvgIpc) is 2.28. The van der Waals surface area contributed by atoms with Crippen molar-refractivity contribution in [1.82, 2.24) is 4.98 Å². The van der Waals surface area contributed by atoms with Crippen LogP contribution in [0.4, 0.5) is 0 Å². The molecule has 0 saturated heterocycles. The summed E-state index contributed by atoms with van der Waals surface area (Å²) in [6, 6.07) is 0.778. The number of nitrogens with zero attached hydrogens (tertiary/aromatic N) is 1. The Bertz CT molecular complexity index is 409. The Morgan fingerprint density at radius 2 is 2.44 bits per heavy atom. The van der Waals surface area contributed by atoms with Crippen molar-refractivity contribution in [3.8, 4) is 0 Å². The highest BCUT2D eigenvalue weighted by Crippen LogP contribution is 2.16. The molecule has 0 saturated carbocycles. The van der Waals surface area contributed by atoms with E-state index in [-0.39, 0.29) is 17.1 Å². The van der Waals surface area contributed by atoms with Crippen molar-refractivity contribution in [2.45, 2.75) is 12.5 Å². The number of hydrogen-bond donors (Lipinski definition) is 1. The molecule has 1 atom stereocenters. The monoisotopic (exact) mass is 242 g/mol. The van der Waals surface area contributed by atoms with Crippen LogP contribution in [0.3, 0.4) is 0 Å². The third kappa shape index (κ3) is 2.77. The van der Waals surface area contributed by atoms with Crippen LogP contribution in [-0.4, -0.2) is 30.4 Å². The number of carbonyl (C=O) groups is 2. The van der Waals surface area contributed by atoms with Gasteiger partial charge in [-0.05, 0) is 18.1 Å². The number of carbonyl (C=O) groups excluding carboxylic acids is 2. The van der Waals surface area contributed by atoms with E-state index in [1.807, 2.05) is 0 Å². The maximum atomic E-state index is 11.1. The summed E-state index contributed by atoms with van der Waals surface area (Å²) < 4.78 is 4.49. The molecule has 0 unspecified atom stereocenters. The molecule has 0 aliphatic carbocycles. The minimum atomic E-state index is -0.817. The third-order valence-electron chi connectivity index (χ3n) is 2.09. The number of rotatable bonds is 4. The van der Waals surface area contributed by atoms with Gasteiger partial charge in [-0.25, -0.2) is 4.98 Å². The maximum Gasteiger partial charge on any atom is 0.322 e. The molecule has 0 bridgehead atoms. The van der Waals surface area contributed by atoms with Crippen LogP contribution >= 0.6 is 11.6 Å². The summed E-state index contributed by atoms with van der Waals surface area (Å²) in [5.74, 6) is -0.537. The van der Waals surface area contributed by atoms with E-state index in [9.17, 15) is 9.59 Å². The predicted octanol–water partition coefficient (Wildman–Crippen LogP) is 0.590. The Morgan fingerprint density at radius 3 is 3.00 bits per heavy atom. The van der Waals surface area contributed by atoms with Crippen molar-refractivity contribution >= 4 is 23.9 Å². The molecule has 5 nitrogen and oxygen atoms in total. The first-order valence-corrected chi connectivity index (χ1v) is 4.90. The Kier molecular flexibility index (Phi) is 4.39. The number of methoxy groups -OCH3 is 1. The molecule has 0 aromatic carbocycles. The fourth-order valence-corrected chi connectivity index (χ4v) is 1.48. The van der Waals surface area contributed by atoms with Gasteiger partial charge < -0.3 is 10.5 Å². The van der Waals surface area contributed by atoms with Gasteiger partial charge in [-0.15, -0.1) is 0 Å². The van der Waals surface area contributed by atoms with Crippen LogP contribution in [0.25, 0.3) is 0 Å². The molecule has 1 aromatic rings. The molecular weight excluding hydrogens is 232 g/mol. The Balaban J connectivity index is 2.93. The zero-order valence-electron chi connectivity index (χ0n) is 8.64. The number of halogens is 1. The molecule has 1 rings (SSSR count). The molecule has 6 heteroatoms. The van der Waals surface area contributed by atoms with E-state index in [0.717, 1.165) is 0 Å². The Morgan fingerprint density at radius 1 is 1.75 bits per heavy atom. The second-order valence-corrected chi connectivity index (χ2v) is 3.48. The number of hydrogen-bond acceptors (Lipinski definition) is 5. The van der Waals surface area contributed by atoms with E-state index < -0.39 is 12.0 Å². The number of esters is 1. The van der Waals surface area contributed by atoms with E-state index >= 15 is 0 Å². The van der Waals surface area contributed by atoms with E-state index in [1.165, 1.54) is 13.3 Å². The first kappa shape index (κ1) is 12.6. The molecule has 86 valence electrons. The van der Waals surface area contributed by atoms with Crippen molar-refractivity contribution in [3.05, 3.63) is 28.5 Å². The lowest BCUT2D eigenvalue weighted by Crippen LogP contribution is -2.34. The highest BCUT2D eigenvalue weighted by molar-refractivity contribution is 6.31. The molecule has 0 amide bonds. The maximum absolute atomic E-state index is 11.1. The minimum absolute atomic E-state index is 0.101. The van der Waals surface area contributed by atoms with Gasteiger partial charge >= 0.3 is 5.97 Å². The molecule has 0 radical (unpaired) electrons. The largest absolute Gasteiger partial charge is 0.468 e. The van der Waals surface area contributed by atoms with Crippen LogP contribution in [-0.2, 0) is 16.0 Å². The SMILES string of the molecule is COC(=O)[C@H](N)Cc1ccnc(Cl)c1C=O. The first-order chi connectivity index (χ1) is 7.60. The van der Waals surface area contributed by atoms with Crippen LogP contribution in [0.15, 0.2) is 12.3 Å². The van der Waals surface area contributed by atoms with Gasteiger partial charge in [0, 0.05) is 6.20 Å². The van der Waals surface area contributed by atoms with E-state index in [0.29, 0.717) is 11.8 Å². The fraction of sp³-hybridized carbons (Fsp3) is 0.300. The second-order valence-electron chi connectivity index (χ2n) is 3.13. The van der Waals surface area contributed by atoms with E-state index in [2.05, 4.69) is 9.72 Å². The predicted molar refractivity (Wildman–Crippen MR) is 58.3 cm³/mol. The van der Waals surface area contributed by atoms with Gasteiger partial charge in [0.1, 0.15) is 11.2 Å². The third-order valence-corrected chi connectivity index (χ3v) is 2.39. The zero-order valence-corrected chi connectivity index (χ0v) is 9.40. The number of pyridine rings is 1. The topological polar surface area (TPSA) is 82.3 Å². The number of ether oxygens (including phenoxy) is 1. The summed E-state index contributed by atoms with van der Waals surface area (Å²) in [6.45, 7) is 0. The average molecular weight is 243 g/mol. The van der Waals surface area contributed by atoms with Gasteiger partial charge in [-0.3, -0.25) is 9.59 Å². The van der Waals surface area contributed by atoms with Crippen molar-refractivity contribution < 1.29 is 14.3 Å².